The van der Waals surface area contributed by atoms with E-state index in [-0.39, 0.29) is 51.0 Å². The van der Waals surface area contributed by atoms with Crippen molar-refractivity contribution in [3.05, 3.63) is 71.4 Å². The maximum Gasteiger partial charge on any atom is 0.331 e. The summed E-state index contributed by atoms with van der Waals surface area (Å²) in [6, 6.07) is 0. The van der Waals surface area contributed by atoms with Crippen LogP contribution < -0.4 is 0 Å². The van der Waals surface area contributed by atoms with Gasteiger partial charge in [0, 0.05) is 71.5 Å². The van der Waals surface area contributed by atoms with E-state index in [1.165, 1.54) is 74.5 Å². The van der Waals surface area contributed by atoms with E-state index < -0.39 is 0 Å². The predicted molar refractivity (Wildman–Crippen MR) is 291 cm³/mol. The molecule has 0 bridgehead atoms. The summed E-state index contributed by atoms with van der Waals surface area (Å²) in [5.74, 6) is 14.3. The van der Waals surface area contributed by atoms with Gasteiger partial charge in [-0.15, -0.1) is 0 Å². The molecule has 26 atom stereocenters. The first kappa shape index (κ1) is 49.7. The topological polar surface area (TPSA) is 130 Å². The molecular weight excluding hydrogens is 973 g/mol. The first-order valence-electron chi connectivity index (χ1n) is 31.9. The van der Waals surface area contributed by atoms with Crippen molar-refractivity contribution in [3.63, 3.8) is 0 Å². The second-order valence-corrected chi connectivity index (χ2v) is 30.5. The smallest absolute Gasteiger partial charge is 0.331 e. The Labute approximate surface area is 462 Å². The highest BCUT2D eigenvalue weighted by Crippen LogP contribution is 2.81. The summed E-state index contributed by atoms with van der Waals surface area (Å²) in [5, 5.41) is 0. The third kappa shape index (κ3) is 6.38. The normalized spacial score (nSPS) is 55.4. The molecule has 18 rings (SSSR count). The number of ether oxygens (including phenoxy) is 3. The molecule has 17 unspecified atom stereocenters. The summed E-state index contributed by atoms with van der Waals surface area (Å²) in [6.07, 6.45) is 39.6. The minimum atomic E-state index is -0.318. The molecule has 0 aromatic rings. The summed E-state index contributed by atoms with van der Waals surface area (Å²) in [4.78, 5) is 71.8. The van der Waals surface area contributed by atoms with E-state index in [0.717, 1.165) is 124 Å². The number of ketones is 3. The van der Waals surface area contributed by atoms with Crippen LogP contribution in [0.2, 0.25) is 0 Å². The van der Waals surface area contributed by atoms with Crippen LogP contribution in [0, 0.1) is 135 Å². The molecule has 9 heteroatoms. The predicted octanol–water partition coefficient (Wildman–Crippen LogP) is 12.4. The van der Waals surface area contributed by atoms with Crippen LogP contribution >= 0.6 is 0 Å². The fourth-order valence-corrected chi connectivity index (χ4v) is 25.4. The zero-order valence-corrected chi connectivity index (χ0v) is 47.1. The average molecular weight is 1060 g/mol. The van der Waals surface area contributed by atoms with E-state index in [1.54, 1.807) is 18.2 Å². The van der Waals surface area contributed by atoms with Crippen molar-refractivity contribution in [2.24, 2.45) is 135 Å². The van der Waals surface area contributed by atoms with Gasteiger partial charge < -0.3 is 14.2 Å². The summed E-state index contributed by atoms with van der Waals surface area (Å²) < 4.78 is 18.2. The van der Waals surface area contributed by atoms with Gasteiger partial charge in [-0.05, 0) is 240 Å². The molecule has 414 valence electrons. The minimum absolute atomic E-state index is 0.101. The van der Waals surface area contributed by atoms with Crippen molar-refractivity contribution in [3.8, 4) is 0 Å². The Morgan fingerprint density at radius 2 is 0.859 bits per heavy atom. The molecule has 0 saturated heterocycles. The molecule has 9 nitrogen and oxygen atoms in total. The van der Waals surface area contributed by atoms with E-state index in [4.69, 9.17) is 14.2 Å². The van der Waals surface area contributed by atoms with Gasteiger partial charge in [0.05, 0.1) is 0 Å². The zero-order chi connectivity index (χ0) is 53.4. The Morgan fingerprint density at radius 3 is 1.33 bits per heavy atom. The number of carbonyl (C=O) groups excluding carboxylic acids is 6. The van der Waals surface area contributed by atoms with Gasteiger partial charge in [0.25, 0.3) is 0 Å². The summed E-state index contributed by atoms with van der Waals surface area (Å²) >= 11 is 0. The lowest BCUT2D eigenvalue weighted by Crippen LogP contribution is -2.56. The summed E-state index contributed by atoms with van der Waals surface area (Å²) in [5.41, 5.74) is 3.76. The lowest BCUT2D eigenvalue weighted by atomic mass is 9.46. The third-order valence-corrected chi connectivity index (χ3v) is 28.1. The first-order chi connectivity index (χ1) is 37.5. The molecule has 3 heterocycles. The van der Waals surface area contributed by atoms with Gasteiger partial charge in [-0.1, -0.05) is 57.8 Å². The van der Waals surface area contributed by atoms with Gasteiger partial charge in [-0.2, -0.15) is 0 Å². The Morgan fingerprint density at radius 1 is 0.449 bits per heavy atom. The molecule has 12 saturated carbocycles. The van der Waals surface area contributed by atoms with Crippen molar-refractivity contribution < 1.29 is 43.0 Å². The molecule has 0 radical (unpaired) electrons. The van der Waals surface area contributed by atoms with Crippen LogP contribution in [0.1, 0.15) is 163 Å². The maximum absolute atomic E-state index is 12.1. The highest BCUT2D eigenvalue weighted by molar-refractivity contribution is 5.92. The summed E-state index contributed by atoms with van der Waals surface area (Å²) in [7, 11) is 0. The molecule has 0 aromatic carbocycles. The largest absolute Gasteiger partial charge is 0.451 e. The Kier molecular flexibility index (Phi) is 10.5. The Bertz CT molecular complexity index is 2940. The monoisotopic (exact) mass is 1060 g/mol. The first-order valence-corrected chi connectivity index (χ1v) is 31.9. The molecule has 15 aliphatic carbocycles. The lowest BCUT2D eigenvalue weighted by Gasteiger charge is -2.59. The molecule has 0 N–H and O–H groups in total. The number of esters is 3. The number of allylic oxidation sites excluding steroid dienone is 3. The van der Waals surface area contributed by atoms with Gasteiger partial charge >= 0.3 is 17.9 Å². The van der Waals surface area contributed by atoms with E-state index in [9.17, 15) is 28.8 Å². The van der Waals surface area contributed by atoms with Crippen LogP contribution in [0.3, 0.4) is 0 Å². The quantitative estimate of drug-likeness (QED) is 0.186. The Hall–Kier alpha value is -4.14. The number of hydrogen-bond acceptors (Lipinski definition) is 9. The molecule has 12 fully saturated rings. The minimum Gasteiger partial charge on any atom is -0.451 e. The summed E-state index contributed by atoms with van der Waals surface area (Å²) in [6.45, 7) is 12.0. The highest BCUT2D eigenvalue weighted by atomic mass is 16.6. The van der Waals surface area contributed by atoms with E-state index in [2.05, 4.69) is 52.8 Å². The van der Waals surface area contributed by atoms with E-state index in [1.807, 2.05) is 18.2 Å². The van der Waals surface area contributed by atoms with Crippen LogP contribution in [0.5, 0.6) is 0 Å². The average Bonchev–Trinajstić information content (AvgIpc) is 4.46. The van der Waals surface area contributed by atoms with E-state index >= 15 is 0 Å². The second kappa shape index (κ2) is 16.5. The molecule has 0 aromatic heterocycles. The fourth-order valence-electron chi connectivity index (χ4n) is 25.4. The van der Waals surface area contributed by atoms with E-state index in [0.29, 0.717) is 82.4 Å². The molecule has 0 amide bonds. The van der Waals surface area contributed by atoms with Crippen LogP contribution in [-0.4, -0.2) is 52.1 Å². The van der Waals surface area contributed by atoms with Crippen LogP contribution in [0.4, 0.5) is 0 Å². The molecule has 3 spiro atoms. The van der Waals surface area contributed by atoms with Crippen LogP contribution in [-0.2, 0) is 43.0 Å². The van der Waals surface area contributed by atoms with Gasteiger partial charge in [-0.3, -0.25) is 14.4 Å². The number of carbonyl (C=O) groups is 6. The molecule has 78 heavy (non-hydrogen) atoms. The van der Waals surface area contributed by atoms with Crippen molar-refractivity contribution in [1.82, 2.24) is 0 Å². The van der Waals surface area contributed by atoms with Crippen molar-refractivity contribution >= 4 is 35.3 Å². The van der Waals surface area contributed by atoms with Gasteiger partial charge in [0.2, 0.25) is 0 Å². The molecular formula is C69H84O9. The van der Waals surface area contributed by atoms with Gasteiger partial charge in [-0.25, -0.2) is 14.4 Å². The fraction of sp³-hybridized carbons (Fsp3) is 0.739. The number of hydrogen-bond donors (Lipinski definition) is 0. The zero-order valence-electron chi connectivity index (χ0n) is 47.1. The standard InChI is InChI=1S/C24H30O3.C23H28O3.C22H26O3/c1-3-13-10-14-11-15(25)4-5-16(14)17-6-8-23(2)22(21(13)17)18-12-19(18)24(23)9-7-20(26)27-24;1-12-9-13-10-14(24)3-4-15(13)16-5-7-22(2)21(20(12)16)17-11-18(17)23(22)8-6-19(25)26-23;1-21-8-6-15-14-5-3-13(23)10-12(14)2-4-16(15)20(21)17-11-18(17)22(21)9-7-19(24)25-22/h7,9,11,13,16-19,21-22H,3-6,8,10,12H2,1-2H3;6,8,10,12,15-18,20-21H,3-5,7,9,11H2,1-2H3;7,9-10,14-18,20H,2-6,8,11H2,1H3/t13?,16-,17?,18?,19?,21?,22?,23-,24-;12?,15-,16?,17?,18?,20?,21?,22-,23-;14-,15?,16?,17?,18?,20?,21-,22-/m000/s1. The number of rotatable bonds is 1. The molecule has 18 aliphatic rings. The number of fused-ring (bicyclic) bond motifs is 27. The van der Waals surface area contributed by atoms with Crippen molar-refractivity contribution in [2.45, 2.75) is 180 Å². The van der Waals surface area contributed by atoms with Crippen LogP contribution in [0.15, 0.2) is 71.4 Å². The maximum atomic E-state index is 12.1. The van der Waals surface area contributed by atoms with Crippen LogP contribution in [0.25, 0.3) is 0 Å². The third-order valence-electron chi connectivity index (χ3n) is 28.1. The Balaban J connectivity index is 0.0000000979. The molecule has 3 aliphatic heterocycles. The van der Waals surface area contributed by atoms with Crippen molar-refractivity contribution in [2.75, 3.05) is 0 Å². The lowest BCUT2D eigenvalue weighted by molar-refractivity contribution is -0.171. The van der Waals surface area contributed by atoms with Gasteiger partial charge in [0.1, 0.15) is 16.8 Å². The van der Waals surface area contributed by atoms with Crippen molar-refractivity contribution in [1.29, 1.82) is 0 Å². The SMILES string of the molecule is CC1CC2=CC(=O)CC[C@@H]2C2CC[C@@]3(C)C(C4CC4[C@@]34C=CC(=O)O4)C12.CCC1CC2=CC(=O)CC[C@@H]2C2CC[C@@]3(C)C(C4CC4[C@@]34C=CC(=O)O4)C12.C[C@]12CCC3C(CCC4=CC(=O)CC[C@@H]43)C1C1CC1[C@@]21C=CC(=O)O1. The highest BCUT2D eigenvalue weighted by Gasteiger charge is 2.81. The van der Waals surface area contributed by atoms with Gasteiger partial charge in [0.15, 0.2) is 17.3 Å². The second-order valence-electron chi connectivity index (χ2n) is 30.5.